The van der Waals surface area contributed by atoms with Gasteiger partial charge in [-0.25, -0.2) is 0 Å². The maximum atomic E-state index is 12.8. The Balaban J connectivity index is 1.93. The number of ether oxygens (including phenoxy) is 5. The Hall–Kier alpha value is -3.48. The lowest BCUT2D eigenvalue weighted by atomic mass is 9.84. The summed E-state index contributed by atoms with van der Waals surface area (Å²) in [6.45, 7) is 3.64. The van der Waals surface area contributed by atoms with Crippen LogP contribution in [0.1, 0.15) is 47.7 Å². The number of Topliss-reactive ketones (excluding diaryl/α,β-unsaturated/α-hetero) is 1. The minimum atomic E-state index is -0.408. The predicted octanol–water partition coefficient (Wildman–Crippen LogP) is 4.02. The first-order valence-electron chi connectivity index (χ1n) is 9.47. The number of hydrogen-bond donors (Lipinski definition) is 0. The van der Waals surface area contributed by atoms with Gasteiger partial charge in [0.05, 0.1) is 33.3 Å². The van der Waals surface area contributed by atoms with E-state index in [2.05, 4.69) is 0 Å². The van der Waals surface area contributed by atoms with Crippen LogP contribution in [0.5, 0.6) is 28.7 Å². The zero-order valence-corrected chi connectivity index (χ0v) is 17.5. The Morgan fingerprint density at radius 3 is 2.20 bits per heavy atom. The van der Waals surface area contributed by atoms with Gasteiger partial charge in [0, 0.05) is 11.5 Å². The fourth-order valence-electron chi connectivity index (χ4n) is 3.91. The standard InChI is InChI=1S/C23H22O7/c1-11(2)21-20(25)13-6-7-15-19(22(13)30-21)14(10-18(24)29-15)12-8-16(26-3)23(28-5)17(9-12)27-4/h6-9,14H,10H2,1-5H3/t14-/m0/s1. The summed E-state index contributed by atoms with van der Waals surface area (Å²) in [7, 11) is 4.59. The molecule has 0 saturated carbocycles. The lowest BCUT2D eigenvalue weighted by Crippen LogP contribution is -2.21. The quantitative estimate of drug-likeness (QED) is 0.428. The van der Waals surface area contributed by atoms with Crippen LogP contribution < -0.4 is 23.7 Å². The van der Waals surface area contributed by atoms with Gasteiger partial charge in [0.2, 0.25) is 11.5 Å². The number of hydrogen-bond acceptors (Lipinski definition) is 7. The number of ketones is 1. The summed E-state index contributed by atoms with van der Waals surface area (Å²) in [6.07, 6.45) is 0.0871. The van der Waals surface area contributed by atoms with Gasteiger partial charge in [-0.15, -0.1) is 0 Å². The molecule has 2 heterocycles. The topological polar surface area (TPSA) is 80.3 Å². The SMILES string of the molecule is COc1cc([C@@H]2CC(=O)Oc3ccc4c(c32)OC(=C(C)C)C4=O)cc(OC)c1OC. The summed E-state index contributed by atoms with van der Waals surface area (Å²) in [4.78, 5) is 25.1. The summed E-state index contributed by atoms with van der Waals surface area (Å²) in [5, 5.41) is 0. The van der Waals surface area contributed by atoms with Gasteiger partial charge in [-0.1, -0.05) is 0 Å². The number of esters is 1. The highest BCUT2D eigenvalue weighted by Gasteiger charge is 2.39. The van der Waals surface area contributed by atoms with E-state index < -0.39 is 5.92 Å². The van der Waals surface area contributed by atoms with Crippen LogP contribution in [0.4, 0.5) is 0 Å². The average Bonchev–Trinajstić information content (AvgIpc) is 3.08. The minimum Gasteiger partial charge on any atom is -0.493 e. The van der Waals surface area contributed by atoms with Gasteiger partial charge >= 0.3 is 5.97 Å². The summed E-state index contributed by atoms with van der Waals surface area (Å²) >= 11 is 0. The first-order valence-corrected chi connectivity index (χ1v) is 9.47. The molecule has 0 N–H and O–H groups in total. The fourth-order valence-corrected chi connectivity index (χ4v) is 3.91. The minimum absolute atomic E-state index is 0.0871. The maximum absolute atomic E-state index is 12.8. The average molecular weight is 410 g/mol. The van der Waals surface area contributed by atoms with Crippen molar-refractivity contribution in [2.45, 2.75) is 26.2 Å². The molecule has 0 amide bonds. The molecule has 2 aliphatic rings. The summed E-state index contributed by atoms with van der Waals surface area (Å²) in [5.74, 6) is 1.57. The highest BCUT2D eigenvalue weighted by Crippen LogP contribution is 2.51. The molecule has 0 fully saturated rings. The highest BCUT2D eigenvalue weighted by atomic mass is 16.5. The Morgan fingerprint density at radius 2 is 1.63 bits per heavy atom. The zero-order chi connectivity index (χ0) is 21.6. The summed E-state index contributed by atoms with van der Waals surface area (Å²) < 4.78 is 27.8. The van der Waals surface area contributed by atoms with E-state index in [1.54, 1.807) is 24.3 Å². The molecule has 0 spiro atoms. The lowest BCUT2D eigenvalue weighted by Gasteiger charge is -2.27. The van der Waals surface area contributed by atoms with Crippen molar-refractivity contribution in [3.8, 4) is 28.7 Å². The van der Waals surface area contributed by atoms with Gasteiger partial charge < -0.3 is 23.7 Å². The first-order chi connectivity index (χ1) is 14.4. The van der Waals surface area contributed by atoms with E-state index >= 15 is 0 Å². The number of allylic oxidation sites excluding steroid dienone is 2. The number of methoxy groups -OCH3 is 3. The van der Waals surface area contributed by atoms with Crippen LogP contribution >= 0.6 is 0 Å². The molecule has 2 aliphatic heterocycles. The van der Waals surface area contributed by atoms with E-state index in [0.29, 0.717) is 45.6 Å². The Morgan fingerprint density at radius 1 is 0.967 bits per heavy atom. The van der Waals surface area contributed by atoms with Crippen molar-refractivity contribution >= 4 is 11.8 Å². The van der Waals surface area contributed by atoms with Gasteiger partial charge in [-0.2, -0.15) is 0 Å². The highest BCUT2D eigenvalue weighted by molar-refractivity contribution is 6.13. The normalized spacial score (nSPS) is 17.0. The van der Waals surface area contributed by atoms with E-state index in [9.17, 15) is 9.59 Å². The predicted molar refractivity (Wildman–Crippen MR) is 108 cm³/mol. The van der Waals surface area contributed by atoms with Crippen LogP contribution in [0.2, 0.25) is 0 Å². The molecule has 4 rings (SSSR count). The third kappa shape index (κ3) is 2.98. The van der Waals surface area contributed by atoms with E-state index in [1.807, 2.05) is 13.8 Å². The Labute approximate surface area is 174 Å². The number of carbonyl (C=O) groups excluding carboxylic acids is 2. The molecular formula is C23H22O7. The lowest BCUT2D eigenvalue weighted by molar-refractivity contribution is -0.135. The third-order valence-corrected chi connectivity index (χ3v) is 5.30. The number of carbonyl (C=O) groups is 2. The second-order valence-corrected chi connectivity index (χ2v) is 7.30. The van der Waals surface area contributed by atoms with Crippen LogP contribution in [-0.4, -0.2) is 33.1 Å². The van der Waals surface area contributed by atoms with Gasteiger partial charge in [-0.05, 0) is 49.2 Å². The third-order valence-electron chi connectivity index (χ3n) is 5.30. The molecule has 0 unspecified atom stereocenters. The number of benzene rings is 2. The van der Waals surface area contributed by atoms with Crippen molar-refractivity contribution < 1.29 is 33.3 Å². The van der Waals surface area contributed by atoms with Crippen molar-refractivity contribution in [3.05, 3.63) is 52.3 Å². The van der Waals surface area contributed by atoms with Crippen molar-refractivity contribution in [1.82, 2.24) is 0 Å². The molecule has 30 heavy (non-hydrogen) atoms. The van der Waals surface area contributed by atoms with Crippen LogP contribution in [-0.2, 0) is 4.79 Å². The van der Waals surface area contributed by atoms with E-state index in [0.717, 1.165) is 11.1 Å². The van der Waals surface area contributed by atoms with E-state index in [4.69, 9.17) is 23.7 Å². The van der Waals surface area contributed by atoms with Crippen LogP contribution in [0.3, 0.4) is 0 Å². The molecule has 156 valence electrons. The molecule has 0 radical (unpaired) electrons. The van der Waals surface area contributed by atoms with Crippen LogP contribution in [0.15, 0.2) is 35.6 Å². The number of fused-ring (bicyclic) bond motifs is 3. The molecule has 0 aromatic heterocycles. The zero-order valence-electron chi connectivity index (χ0n) is 17.5. The molecular weight excluding hydrogens is 388 g/mol. The van der Waals surface area contributed by atoms with Crippen LogP contribution in [0, 0.1) is 0 Å². The molecule has 0 aliphatic carbocycles. The molecule has 7 nitrogen and oxygen atoms in total. The largest absolute Gasteiger partial charge is 0.493 e. The second kappa shape index (κ2) is 7.40. The van der Waals surface area contributed by atoms with Gasteiger partial charge in [0.25, 0.3) is 0 Å². The Kier molecular flexibility index (Phi) is 4.89. The van der Waals surface area contributed by atoms with Crippen molar-refractivity contribution in [1.29, 1.82) is 0 Å². The maximum Gasteiger partial charge on any atom is 0.312 e. The first kappa shape index (κ1) is 19.8. The Bertz CT molecular complexity index is 1070. The second-order valence-electron chi connectivity index (χ2n) is 7.30. The van der Waals surface area contributed by atoms with Gasteiger partial charge in [0.15, 0.2) is 17.3 Å². The molecule has 0 saturated heterocycles. The van der Waals surface area contributed by atoms with E-state index in [-0.39, 0.29) is 18.2 Å². The van der Waals surface area contributed by atoms with Gasteiger partial charge in [0.1, 0.15) is 11.5 Å². The van der Waals surface area contributed by atoms with Crippen LogP contribution in [0.25, 0.3) is 0 Å². The van der Waals surface area contributed by atoms with E-state index in [1.165, 1.54) is 21.3 Å². The molecule has 2 aromatic carbocycles. The van der Waals surface area contributed by atoms with Crippen molar-refractivity contribution in [2.75, 3.05) is 21.3 Å². The molecule has 0 bridgehead atoms. The van der Waals surface area contributed by atoms with Gasteiger partial charge in [-0.3, -0.25) is 9.59 Å². The summed E-state index contributed by atoms with van der Waals surface area (Å²) in [6, 6.07) is 6.88. The molecule has 1 atom stereocenters. The number of rotatable bonds is 4. The molecule has 2 aromatic rings. The smallest absolute Gasteiger partial charge is 0.312 e. The van der Waals surface area contributed by atoms with Crippen molar-refractivity contribution in [2.24, 2.45) is 0 Å². The molecule has 7 heteroatoms. The summed E-state index contributed by atoms with van der Waals surface area (Å²) in [5.41, 5.74) is 2.66. The fraction of sp³-hybridized carbons (Fsp3) is 0.304. The van der Waals surface area contributed by atoms with Crippen molar-refractivity contribution in [3.63, 3.8) is 0 Å². The monoisotopic (exact) mass is 410 g/mol.